The van der Waals surface area contributed by atoms with Crippen LogP contribution in [0.4, 0.5) is 0 Å². The molecule has 0 saturated carbocycles. The molecule has 8 heteroatoms. The Morgan fingerprint density at radius 1 is 1.18 bits per heavy atom. The fourth-order valence-electron chi connectivity index (χ4n) is 1.98. The van der Waals surface area contributed by atoms with Crippen LogP contribution in [0.2, 0.25) is 4.34 Å². The molecule has 1 N–H and O–H groups in total. The number of para-hydroxylation sites is 1. The van der Waals surface area contributed by atoms with E-state index in [1.165, 1.54) is 6.07 Å². The van der Waals surface area contributed by atoms with Crippen molar-refractivity contribution in [2.75, 3.05) is 20.8 Å². The predicted octanol–water partition coefficient (Wildman–Crippen LogP) is 2.94. The van der Waals surface area contributed by atoms with Gasteiger partial charge in [0.05, 0.1) is 18.6 Å². The molecule has 1 heterocycles. The zero-order valence-corrected chi connectivity index (χ0v) is 14.5. The van der Waals surface area contributed by atoms with E-state index in [1.54, 1.807) is 26.4 Å². The van der Waals surface area contributed by atoms with Crippen LogP contribution in [0.15, 0.2) is 34.5 Å². The van der Waals surface area contributed by atoms with Crippen LogP contribution in [0.3, 0.4) is 0 Å². The summed E-state index contributed by atoms with van der Waals surface area (Å²) in [5, 5.41) is 0. The van der Waals surface area contributed by atoms with Crippen LogP contribution in [0.5, 0.6) is 11.5 Å². The van der Waals surface area contributed by atoms with Crippen LogP contribution in [-0.2, 0) is 16.4 Å². The molecule has 5 nitrogen and oxygen atoms in total. The van der Waals surface area contributed by atoms with Gasteiger partial charge in [0.2, 0.25) is 10.0 Å². The van der Waals surface area contributed by atoms with Gasteiger partial charge in [0.1, 0.15) is 4.21 Å². The number of rotatable bonds is 7. The SMILES string of the molecule is COc1cccc(CCNS(=O)(=O)c2ccc(Cl)s2)c1OC. The third-order valence-corrected chi connectivity index (χ3v) is 6.17. The number of halogens is 1. The Morgan fingerprint density at radius 3 is 2.55 bits per heavy atom. The van der Waals surface area contributed by atoms with Crippen molar-refractivity contribution >= 4 is 33.0 Å². The molecule has 0 aliphatic rings. The van der Waals surface area contributed by atoms with Gasteiger partial charge in [0.15, 0.2) is 11.5 Å². The van der Waals surface area contributed by atoms with E-state index < -0.39 is 10.0 Å². The number of hydrogen-bond donors (Lipinski definition) is 1. The van der Waals surface area contributed by atoms with Gasteiger partial charge in [0.25, 0.3) is 0 Å². The normalized spacial score (nSPS) is 11.4. The molecule has 0 atom stereocenters. The van der Waals surface area contributed by atoms with Crippen LogP contribution in [0, 0.1) is 0 Å². The Balaban J connectivity index is 2.05. The smallest absolute Gasteiger partial charge is 0.250 e. The summed E-state index contributed by atoms with van der Waals surface area (Å²) in [6.07, 6.45) is 0.485. The number of nitrogens with one attached hydrogen (secondary N) is 1. The quantitative estimate of drug-likeness (QED) is 0.823. The molecule has 2 rings (SSSR count). The summed E-state index contributed by atoms with van der Waals surface area (Å²) in [5.41, 5.74) is 0.869. The summed E-state index contributed by atoms with van der Waals surface area (Å²) < 4.78 is 37.9. The molecule has 0 aliphatic heterocycles. The average Bonchev–Trinajstić information content (AvgIpc) is 2.94. The van der Waals surface area contributed by atoms with Crippen LogP contribution >= 0.6 is 22.9 Å². The van der Waals surface area contributed by atoms with Gasteiger partial charge in [-0.3, -0.25) is 0 Å². The molecule has 0 unspecified atom stereocenters. The van der Waals surface area contributed by atoms with Gasteiger partial charge in [-0.15, -0.1) is 11.3 Å². The fraction of sp³-hybridized carbons (Fsp3) is 0.286. The molecule has 0 saturated heterocycles. The lowest BCUT2D eigenvalue weighted by Crippen LogP contribution is -2.25. The minimum Gasteiger partial charge on any atom is -0.493 e. The maximum atomic E-state index is 12.1. The summed E-state index contributed by atoms with van der Waals surface area (Å²) in [4.78, 5) is 0. The summed E-state index contributed by atoms with van der Waals surface area (Å²) in [7, 11) is -0.418. The molecule has 2 aromatic rings. The summed E-state index contributed by atoms with van der Waals surface area (Å²) in [6, 6.07) is 8.55. The second-order valence-electron chi connectivity index (χ2n) is 4.36. The molecular weight excluding hydrogens is 346 g/mol. The predicted molar refractivity (Wildman–Crippen MR) is 87.8 cm³/mol. The molecule has 1 aromatic carbocycles. The molecule has 0 radical (unpaired) electrons. The van der Waals surface area contributed by atoms with Gasteiger partial charge in [0, 0.05) is 6.54 Å². The Hall–Kier alpha value is -1.28. The van der Waals surface area contributed by atoms with Crippen LogP contribution in [0.25, 0.3) is 0 Å². The standard InChI is InChI=1S/C14H16ClNO4S2/c1-19-11-5-3-4-10(14(11)20-2)8-9-16-22(17,18)13-7-6-12(15)21-13/h3-7,16H,8-9H2,1-2H3. The Morgan fingerprint density at radius 2 is 1.95 bits per heavy atom. The van der Waals surface area contributed by atoms with Gasteiger partial charge in [-0.1, -0.05) is 23.7 Å². The second-order valence-corrected chi connectivity index (χ2v) is 8.07. The maximum absolute atomic E-state index is 12.1. The van der Waals surface area contributed by atoms with E-state index in [0.29, 0.717) is 22.3 Å². The van der Waals surface area contributed by atoms with Crippen molar-refractivity contribution in [3.8, 4) is 11.5 Å². The molecule has 0 fully saturated rings. The number of thiophene rings is 1. The summed E-state index contributed by atoms with van der Waals surface area (Å²) in [6.45, 7) is 0.251. The molecule has 1 aromatic heterocycles. The van der Waals surface area contributed by atoms with Crippen molar-refractivity contribution in [3.05, 3.63) is 40.2 Å². The van der Waals surface area contributed by atoms with Gasteiger partial charge >= 0.3 is 0 Å². The third-order valence-electron chi connectivity index (χ3n) is 2.98. The van der Waals surface area contributed by atoms with E-state index in [4.69, 9.17) is 21.1 Å². The molecular formula is C14H16ClNO4S2. The molecule has 22 heavy (non-hydrogen) atoms. The largest absolute Gasteiger partial charge is 0.493 e. The molecule has 0 aliphatic carbocycles. The third kappa shape index (κ3) is 3.92. The lowest BCUT2D eigenvalue weighted by molar-refractivity contribution is 0.351. The fourth-order valence-corrected chi connectivity index (χ4v) is 4.54. The minimum absolute atomic E-state index is 0.204. The van der Waals surface area contributed by atoms with Crippen molar-refractivity contribution in [2.45, 2.75) is 10.6 Å². The zero-order chi connectivity index (χ0) is 16.2. The molecule has 0 amide bonds. The molecule has 0 spiro atoms. The van der Waals surface area contributed by atoms with Crippen molar-refractivity contribution in [1.82, 2.24) is 4.72 Å². The van der Waals surface area contributed by atoms with Crippen LogP contribution in [0.1, 0.15) is 5.56 Å². The van der Waals surface area contributed by atoms with E-state index in [-0.39, 0.29) is 10.8 Å². The first kappa shape index (κ1) is 17.1. The maximum Gasteiger partial charge on any atom is 0.250 e. The highest BCUT2D eigenvalue weighted by Gasteiger charge is 2.16. The zero-order valence-electron chi connectivity index (χ0n) is 12.1. The van der Waals surface area contributed by atoms with E-state index in [9.17, 15) is 8.42 Å². The monoisotopic (exact) mass is 361 g/mol. The van der Waals surface area contributed by atoms with E-state index in [0.717, 1.165) is 16.9 Å². The lowest BCUT2D eigenvalue weighted by atomic mass is 10.1. The van der Waals surface area contributed by atoms with Crippen LogP contribution < -0.4 is 14.2 Å². The van der Waals surface area contributed by atoms with Gasteiger partial charge in [-0.05, 0) is 30.2 Å². The topological polar surface area (TPSA) is 64.6 Å². The highest BCUT2D eigenvalue weighted by molar-refractivity contribution is 7.91. The second kappa shape index (κ2) is 7.32. The van der Waals surface area contributed by atoms with Gasteiger partial charge < -0.3 is 9.47 Å². The van der Waals surface area contributed by atoms with E-state index in [2.05, 4.69) is 4.72 Å². The van der Waals surface area contributed by atoms with Gasteiger partial charge in [-0.2, -0.15) is 0 Å². The number of sulfonamides is 1. The first-order valence-corrected chi connectivity index (χ1v) is 9.10. The van der Waals surface area contributed by atoms with Gasteiger partial charge in [-0.25, -0.2) is 13.1 Å². The van der Waals surface area contributed by atoms with Crippen molar-refractivity contribution in [2.24, 2.45) is 0 Å². The molecule has 0 bridgehead atoms. The summed E-state index contributed by atoms with van der Waals surface area (Å²) in [5.74, 6) is 1.23. The average molecular weight is 362 g/mol. The van der Waals surface area contributed by atoms with Crippen LogP contribution in [-0.4, -0.2) is 29.2 Å². The number of ether oxygens (including phenoxy) is 2. The lowest BCUT2D eigenvalue weighted by Gasteiger charge is -2.12. The first-order chi connectivity index (χ1) is 10.5. The Labute approximate surface area is 138 Å². The van der Waals surface area contributed by atoms with E-state index in [1.807, 2.05) is 12.1 Å². The number of methoxy groups -OCH3 is 2. The molecule has 120 valence electrons. The van der Waals surface area contributed by atoms with Crippen molar-refractivity contribution < 1.29 is 17.9 Å². The number of hydrogen-bond acceptors (Lipinski definition) is 5. The Bertz CT molecular complexity index is 743. The minimum atomic E-state index is -3.53. The van der Waals surface area contributed by atoms with Crippen molar-refractivity contribution in [3.63, 3.8) is 0 Å². The first-order valence-electron chi connectivity index (χ1n) is 6.43. The highest BCUT2D eigenvalue weighted by Crippen LogP contribution is 2.31. The Kier molecular flexibility index (Phi) is 5.69. The summed E-state index contributed by atoms with van der Waals surface area (Å²) >= 11 is 6.79. The number of benzene rings is 1. The van der Waals surface area contributed by atoms with E-state index >= 15 is 0 Å². The highest BCUT2D eigenvalue weighted by atomic mass is 35.5. The van der Waals surface area contributed by atoms with Crippen molar-refractivity contribution in [1.29, 1.82) is 0 Å².